The molecule has 1 unspecified atom stereocenters. The van der Waals surface area contributed by atoms with Gasteiger partial charge >= 0.3 is 12.1 Å². The highest BCUT2D eigenvalue weighted by atomic mass is 19.1. The predicted octanol–water partition coefficient (Wildman–Crippen LogP) is 6.60. The van der Waals surface area contributed by atoms with Crippen molar-refractivity contribution in [2.45, 2.75) is 64.9 Å². The zero-order valence-corrected chi connectivity index (χ0v) is 25.7. The second-order valence-electron chi connectivity index (χ2n) is 11.0. The van der Waals surface area contributed by atoms with Gasteiger partial charge in [-0.15, -0.1) is 10.2 Å². The highest BCUT2D eigenvalue weighted by Crippen LogP contribution is 2.34. The lowest BCUT2D eigenvalue weighted by atomic mass is 9.97. The Bertz CT molecular complexity index is 1890. The molecule has 2 aromatic heterocycles. The van der Waals surface area contributed by atoms with Crippen molar-refractivity contribution in [2.75, 3.05) is 6.61 Å². The number of imidazole rings is 1. The van der Waals surface area contributed by atoms with Gasteiger partial charge in [0.15, 0.2) is 0 Å². The molecule has 1 atom stereocenters. The number of benzene rings is 3. The lowest BCUT2D eigenvalue weighted by molar-refractivity contribution is -0.0914. The van der Waals surface area contributed by atoms with Crippen LogP contribution in [-0.2, 0) is 20.8 Å². The summed E-state index contributed by atoms with van der Waals surface area (Å²) in [6.45, 7) is 3.14. The lowest BCUT2D eigenvalue weighted by Crippen LogP contribution is -2.26. The van der Waals surface area contributed by atoms with Crippen LogP contribution in [0.25, 0.3) is 33.5 Å². The van der Waals surface area contributed by atoms with Crippen molar-refractivity contribution in [1.29, 1.82) is 0 Å². The number of esters is 1. The van der Waals surface area contributed by atoms with E-state index in [1.807, 2.05) is 0 Å². The zero-order valence-electron chi connectivity index (χ0n) is 25.7. The third-order valence-corrected chi connectivity index (χ3v) is 7.84. The van der Waals surface area contributed by atoms with Gasteiger partial charge in [-0.25, -0.2) is 18.4 Å². The summed E-state index contributed by atoms with van der Waals surface area (Å²) < 4.78 is 54.7. The van der Waals surface area contributed by atoms with E-state index in [1.54, 1.807) is 43.3 Å². The van der Waals surface area contributed by atoms with E-state index < -0.39 is 30.0 Å². The molecule has 0 radical (unpaired) electrons. The van der Waals surface area contributed by atoms with E-state index in [9.17, 15) is 9.59 Å². The minimum atomic E-state index is -1.26. The molecule has 5 aromatic rings. The monoisotopic (exact) mass is 646 g/mol. The highest BCUT2D eigenvalue weighted by Gasteiger charge is 2.26. The number of para-hydroxylation sites is 1. The molecule has 0 saturated heterocycles. The number of fused-ring (bicyclic) bond motifs is 1. The van der Waals surface area contributed by atoms with Gasteiger partial charge in [0.1, 0.15) is 17.7 Å². The van der Waals surface area contributed by atoms with Crippen molar-refractivity contribution in [3.8, 4) is 28.5 Å². The number of nitrogens with zero attached hydrogens (tertiary/aromatic N) is 5. The zero-order chi connectivity index (χ0) is 32.9. The molecule has 1 aliphatic carbocycles. The quantitative estimate of drug-likeness (QED) is 0.130. The SMILES string of the molecule is CCOc1nc2cccc(C(=O)OC(C)OC(=O)OC3CCCCC3)c2n1Cc1cc(F)c(-c2ccccc2-c2nn[nH]n2)cc1F. The van der Waals surface area contributed by atoms with Crippen LogP contribution >= 0.6 is 0 Å². The average molecular weight is 647 g/mol. The number of H-pyrrole nitrogens is 1. The van der Waals surface area contributed by atoms with E-state index >= 15 is 8.78 Å². The predicted molar refractivity (Wildman–Crippen MR) is 164 cm³/mol. The molecule has 0 bridgehead atoms. The fourth-order valence-electron chi connectivity index (χ4n) is 5.71. The summed E-state index contributed by atoms with van der Waals surface area (Å²) in [6.07, 6.45) is 2.17. The molecule has 0 amide bonds. The number of aromatic nitrogens is 6. The van der Waals surface area contributed by atoms with Crippen LogP contribution in [0.3, 0.4) is 0 Å². The maximum absolute atomic E-state index is 15.8. The van der Waals surface area contributed by atoms with Gasteiger partial charge in [-0.05, 0) is 67.6 Å². The number of hydrogen-bond acceptors (Lipinski definition) is 10. The molecule has 0 spiro atoms. The number of halogens is 2. The number of tetrazole rings is 1. The third-order valence-electron chi connectivity index (χ3n) is 7.84. The van der Waals surface area contributed by atoms with Gasteiger partial charge in [0.2, 0.25) is 12.1 Å². The second-order valence-corrected chi connectivity index (χ2v) is 11.0. The van der Waals surface area contributed by atoms with Crippen LogP contribution in [0, 0.1) is 11.6 Å². The van der Waals surface area contributed by atoms with Crippen LogP contribution in [0.1, 0.15) is 61.9 Å². The first-order valence-corrected chi connectivity index (χ1v) is 15.3. The normalized spacial score (nSPS) is 14.1. The van der Waals surface area contributed by atoms with Gasteiger partial charge < -0.3 is 18.9 Å². The van der Waals surface area contributed by atoms with Crippen molar-refractivity contribution < 1.29 is 37.3 Å². The van der Waals surface area contributed by atoms with Crippen molar-refractivity contribution in [2.24, 2.45) is 0 Å². The van der Waals surface area contributed by atoms with E-state index in [0.29, 0.717) is 16.6 Å². The Balaban J connectivity index is 1.28. The Morgan fingerprint density at radius 3 is 2.51 bits per heavy atom. The summed E-state index contributed by atoms with van der Waals surface area (Å²) in [6, 6.07) is 13.8. The Morgan fingerprint density at radius 2 is 1.77 bits per heavy atom. The summed E-state index contributed by atoms with van der Waals surface area (Å²) in [7, 11) is 0. The molecule has 1 aliphatic rings. The van der Waals surface area contributed by atoms with Gasteiger partial charge in [-0.1, -0.05) is 36.8 Å². The maximum Gasteiger partial charge on any atom is 0.511 e. The minimum absolute atomic E-state index is 0.00689. The number of rotatable bonds is 10. The van der Waals surface area contributed by atoms with E-state index in [2.05, 4.69) is 25.6 Å². The lowest BCUT2D eigenvalue weighted by Gasteiger charge is -2.22. The Morgan fingerprint density at radius 1 is 0.979 bits per heavy atom. The van der Waals surface area contributed by atoms with Gasteiger partial charge in [-0.3, -0.25) is 4.57 Å². The van der Waals surface area contributed by atoms with Crippen LogP contribution in [0.2, 0.25) is 0 Å². The fraction of sp³-hybridized carbons (Fsp3) is 0.333. The Labute approximate surface area is 268 Å². The molecule has 47 heavy (non-hydrogen) atoms. The summed E-state index contributed by atoms with van der Waals surface area (Å²) in [5, 5.41) is 13.9. The average Bonchev–Trinajstić information content (AvgIpc) is 3.72. The second kappa shape index (κ2) is 13.9. The van der Waals surface area contributed by atoms with Crippen LogP contribution in [0.4, 0.5) is 13.6 Å². The molecule has 12 nitrogen and oxygen atoms in total. The number of carbonyl (C=O) groups excluding carboxylic acids is 2. The third kappa shape index (κ3) is 6.90. The number of ether oxygens (including phenoxy) is 4. The van der Waals surface area contributed by atoms with Crippen LogP contribution in [-0.4, -0.2) is 61.3 Å². The maximum atomic E-state index is 15.8. The number of nitrogens with one attached hydrogen (secondary N) is 1. The largest absolute Gasteiger partial charge is 0.511 e. The van der Waals surface area contributed by atoms with E-state index in [0.717, 1.165) is 44.2 Å². The van der Waals surface area contributed by atoms with Crippen molar-refractivity contribution in [3.05, 3.63) is 77.4 Å². The van der Waals surface area contributed by atoms with E-state index in [-0.39, 0.29) is 53.3 Å². The topological polar surface area (TPSA) is 143 Å². The summed E-state index contributed by atoms with van der Waals surface area (Å²) in [5.74, 6) is -1.98. The van der Waals surface area contributed by atoms with Crippen molar-refractivity contribution in [1.82, 2.24) is 30.2 Å². The molecule has 1 fully saturated rings. The number of carbonyl (C=O) groups is 2. The smallest absolute Gasteiger partial charge is 0.465 e. The van der Waals surface area contributed by atoms with Gasteiger partial charge in [0.25, 0.3) is 6.01 Å². The summed E-state index contributed by atoms with van der Waals surface area (Å²) in [4.78, 5) is 30.2. The van der Waals surface area contributed by atoms with E-state index in [4.69, 9.17) is 18.9 Å². The first-order chi connectivity index (χ1) is 22.8. The minimum Gasteiger partial charge on any atom is -0.465 e. The molecule has 3 aromatic carbocycles. The molecular formula is C33H32F2N6O6. The Kier molecular flexibility index (Phi) is 9.36. The van der Waals surface area contributed by atoms with Crippen LogP contribution < -0.4 is 4.74 Å². The molecule has 1 N–H and O–H groups in total. The molecule has 0 aliphatic heterocycles. The van der Waals surface area contributed by atoms with Crippen molar-refractivity contribution in [3.63, 3.8) is 0 Å². The summed E-state index contributed by atoms with van der Waals surface area (Å²) >= 11 is 0. The van der Waals surface area contributed by atoms with Crippen LogP contribution in [0.5, 0.6) is 6.01 Å². The van der Waals surface area contributed by atoms with Crippen molar-refractivity contribution >= 4 is 23.2 Å². The van der Waals surface area contributed by atoms with Crippen LogP contribution in [0.15, 0.2) is 54.6 Å². The molecule has 1 saturated carbocycles. The molecule has 244 valence electrons. The molecule has 6 rings (SSSR count). The van der Waals surface area contributed by atoms with Gasteiger partial charge in [0.05, 0.1) is 29.7 Å². The first kappa shape index (κ1) is 31.6. The molecule has 2 heterocycles. The Hall–Kier alpha value is -5.40. The van der Waals surface area contributed by atoms with E-state index in [1.165, 1.54) is 17.6 Å². The summed E-state index contributed by atoms with van der Waals surface area (Å²) in [5.41, 5.74) is 1.52. The number of aromatic amines is 1. The van der Waals surface area contributed by atoms with Gasteiger partial charge in [-0.2, -0.15) is 10.2 Å². The fourth-order valence-corrected chi connectivity index (χ4v) is 5.71. The molecule has 14 heteroatoms. The highest BCUT2D eigenvalue weighted by molar-refractivity contribution is 6.02. The first-order valence-electron chi connectivity index (χ1n) is 15.3. The van der Waals surface area contributed by atoms with Gasteiger partial charge in [0, 0.05) is 23.6 Å². The standard InChI is InChI=1S/C33H32F2N6O6/c1-3-44-32-36-28-15-9-14-24(31(42)45-19(2)46-33(43)47-21-10-5-4-6-11-21)29(28)41(32)18-20-16-27(35)25(17-26(20)34)22-12-7-8-13-23(22)30-37-39-40-38-30/h7-9,12-17,19,21H,3-6,10-11,18H2,1-2H3,(H,37,38,39,40). The number of hydrogen-bond donors (Lipinski definition) is 1. The molecular weight excluding hydrogens is 614 g/mol.